The molecule has 6 heteroatoms. The van der Waals surface area contributed by atoms with Gasteiger partial charge in [-0.15, -0.1) is 0 Å². The molecule has 0 bridgehead atoms. The molecule has 0 aromatic carbocycles. The number of rotatable bonds is 9. The van der Waals surface area contributed by atoms with Gasteiger partial charge >= 0.3 is 0 Å². The summed E-state index contributed by atoms with van der Waals surface area (Å²) in [7, 11) is 0. The quantitative estimate of drug-likeness (QED) is 0.199. The van der Waals surface area contributed by atoms with E-state index >= 15 is 0 Å². The van der Waals surface area contributed by atoms with Gasteiger partial charge in [-0.05, 0) is 12.8 Å². The normalized spacial score (nSPS) is 17.4. The van der Waals surface area contributed by atoms with Gasteiger partial charge in [0, 0.05) is 15.0 Å². The van der Waals surface area contributed by atoms with Crippen LogP contribution in [-0.4, -0.2) is 23.5 Å². The highest BCUT2D eigenvalue weighted by Crippen LogP contribution is 2.33. The number of halogens is 6. The van der Waals surface area contributed by atoms with E-state index in [2.05, 4.69) is 95.6 Å². The minimum absolute atomic E-state index is 0.290. The predicted octanol–water partition coefficient (Wildman–Crippen LogP) is 6.74. The van der Waals surface area contributed by atoms with E-state index in [9.17, 15) is 0 Å². The molecular weight excluding hydrogens is 600 g/mol. The molecule has 3 atom stereocenters. The van der Waals surface area contributed by atoms with Gasteiger partial charge in [-0.3, -0.25) is 0 Å². The summed E-state index contributed by atoms with van der Waals surface area (Å²) >= 11 is 21.7. The van der Waals surface area contributed by atoms with Crippen LogP contribution in [0.4, 0.5) is 0 Å². The van der Waals surface area contributed by atoms with Crippen molar-refractivity contribution in [1.29, 1.82) is 0 Å². The molecule has 0 rings (SSSR count). The van der Waals surface area contributed by atoms with Crippen molar-refractivity contribution >= 4 is 95.6 Å². The van der Waals surface area contributed by atoms with Crippen LogP contribution >= 0.6 is 95.6 Å². The highest BCUT2D eigenvalue weighted by molar-refractivity contribution is 9.25. The van der Waals surface area contributed by atoms with Crippen LogP contribution in [0.25, 0.3) is 0 Å². The van der Waals surface area contributed by atoms with Crippen molar-refractivity contribution in [2.24, 2.45) is 0 Å². The molecule has 0 aromatic heterocycles. The molecular formula is C10H16Br6. The van der Waals surface area contributed by atoms with Crippen LogP contribution in [0, 0.1) is 0 Å². The molecule has 98 valence electrons. The third-order valence-electron chi connectivity index (χ3n) is 2.25. The van der Waals surface area contributed by atoms with Crippen molar-refractivity contribution in [3.8, 4) is 0 Å². The summed E-state index contributed by atoms with van der Waals surface area (Å²) in [6.45, 7) is 0. The molecule has 0 aliphatic rings. The fourth-order valence-electron chi connectivity index (χ4n) is 1.29. The number of unbranched alkanes of at least 4 members (excludes halogenated alkanes) is 3. The summed E-state index contributed by atoms with van der Waals surface area (Å²) in [5, 5.41) is 1.13. The van der Waals surface area contributed by atoms with Gasteiger partial charge in [0.15, 0.2) is 0 Å². The van der Waals surface area contributed by atoms with Crippen LogP contribution in [0.2, 0.25) is 0 Å². The van der Waals surface area contributed by atoms with Gasteiger partial charge in [0.1, 0.15) is 0 Å². The monoisotopic (exact) mass is 610 g/mol. The van der Waals surface area contributed by atoms with Gasteiger partial charge < -0.3 is 0 Å². The largest absolute Gasteiger partial charge is 0.0928 e. The lowest BCUT2D eigenvalue weighted by Gasteiger charge is -2.23. The zero-order valence-electron chi connectivity index (χ0n) is 8.82. The molecule has 0 N–H and O–H groups in total. The molecule has 0 aliphatic heterocycles. The van der Waals surface area contributed by atoms with E-state index < -0.39 is 0 Å². The predicted molar refractivity (Wildman–Crippen MR) is 96.7 cm³/mol. The Kier molecular flexibility index (Phi) is 13.8. The van der Waals surface area contributed by atoms with E-state index in [1.54, 1.807) is 0 Å². The molecule has 0 aromatic rings. The zero-order valence-corrected chi connectivity index (χ0v) is 18.3. The number of hydrogen-bond acceptors (Lipinski definition) is 0. The standard InChI is InChI=1S/C10H16Br6/c11-6-4-2-1-3-5-7(12)8(13)9(14)10(15)16/h7-10H,1-6H2. The maximum atomic E-state index is 3.75. The molecule has 0 nitrogen and oxygen atoms in total. The number of alkyl halides is 6. The van der Waals surface area contributed by atoms with Gasteiger partial charge in [-0.25, -0.2) is 0 Å². The Morgan fingerprint density at radius 3 is 1.75 bits per heavy atom. The summed E-state index contributed by atoms with van der Waals surface area (Å²) < 4.78 is 0.290. The van der Waals surface area contributed by atoms with Crippen LogP contribution < -0.4 is 0 Å². The molecule has 0 spiro atoms. The summed E-state index contributed by atoms with van der Waals surface area (Å²) in [6.07, 6.45) is 6.45. The van der Waals surface area contributed by atoms with Crippen LogP contribution in [0.5, 0.6) is 0 Å². The van der Waals surface area contributed by atoms with E-state index in [1.165, 1.54) is 32.1 Å². The fraction of sp³-hybridized carbons (Fsp3) is 1.00. The van der Waals surface area contributed by atoms with Crippen molar-refractivity contribution in [3.05, 3.63) is 0 Å². The second-order valence-electron chi connectivity index (χ2n) is 3.63. The zero-order chi connectivity index (χ0) is 12.6. The Labute approximate surface area is 149 Å². The Morgan fingerprint density at radius 1 is 0.688 bits per heavy atom. The molecule has 0 aliphatic carbocycles. The Morgan fingerprint density at radius 2 is 1.25 bits per heavy atom. The SMILES string of the molecule is BrCCCCCCC(Br)C(Br)C(Br)C(Br)Br. The second kappa shape index (κ2) is 11.7. The average Bonchev–Trinajstić information content (AvgIpc) is 2.26. The topological polar surface area (TPSA) is 0 Å². The minimum Gasteiger partial charge on any atom is -0.0928 e. The Hall–Kier alpha value is 2.88. The first kappa shape index (κ1) is 18.9. The molecule has 3 unspecified atom stereocenters. The van der Waals surface area contributed by atoms with E-state index in [-0.39, 0.29) is 3.74 Å². The summed E-state index contributed by atoms with van der Waals surface area (Å²) in [4.78, 5) is 1.31. The molecule has 0 fully saturated rings. The smallest absolute Gasteiger partial charge is 0.0833 e. The summed E-state index contributed by atoms with van der Waals surface area (Å²) in [5.74, 6) is 0. The first-order valence-corrected chi connectivity index (χ1v) is 11.0. The third-order valence-corrected chi connectivity index (χ3v) is 10.1. The first-order valence-electron chi connectivity index (χ1n) is 5.27. The molecule has 0 amide bonds. The van der Waals surface area contributed by atoms with Gasteiger partial charge in [-0.2, -0.15) is 0 Å². The highest BCUT2D eigenvalue weighted by Gasteiger charge is 2.27. The maximum Gasteiger partial charge on any atom is 0.0833 e. The Balaban J connectivity index is 3.66. The second-order valence-corrected chi connectivity index (χ2v) is 10.9. The molecule has 0 radical (unpaired) electrons. The van der Waals surface area contributed by atoms with Gasteiger partial charge in [0.25, 0.3) is 0 Å². The van der Waals surface area contributed by atoms with Crippen molar-refractivity contribution in [2.75, 3.05) is 5.33 Å². The van der Waals surface area contributed by atoms with E-state index in [0.717, 1.165) is 5.33 Å². The summed E-state index contributed by atoms with van der Waals surface area (Å²) in [5.41, 5.74) is 0. The van der Waals surface area contributed by atoms with E-state index in [1.807, 2.05) is 0 Å². The molecule has 0 saturated heterocycles. The van der Waals surface area contributed by atoms with Crippen LogP contribution in [0.3, 0.4) is 0 Å². The molecule has 0 saturated carbocycles. The van der Waals surface area contributed by atoms with Crippen molar-refractivity contribution in [3.63, 3.8) is 0 Å². The van der Waals surface area contributed by atoms with Crippen molar-refractivity contribution in [2.45, 2.75) is 50.3 Å². The highest BCUT2D eigenvalue weighted by atomic mass is 79.9. The fourth-order valence-corrected chi connectivity index (χ4v) is 5.16. The van der Waals surface area contributed by atoms with Crippen LogP contribution in [-0.2, 0) is 0 Å². The van der Waals surface area contributed by atoms with Gasteiger partial charge in [0.05, 0.1) is 8.56 Å². The lowest BCUT2D eigenvalue weighted by atomic mass is 10.1. The third kappa shape index (κ3) is 8.89. The van der Waals surface area contributed by atoms with Crippen molar-refractivity contribution in [1.82, 2.24) is 0 Å². The maximum absolute atomic E-state index is 3.75. The summed E-state index contributed by atoms with van der Waals surface area (Å²) in [6, 6.07) is 0. The van der Waals surface area contributed by atoms with Crippen LogP contribution in [0.15, 0.2) is 0 Å². The molecule has 0 heterocycles. The van der Waals surface area contributed by atoms with E-state index in [4.69, 9.17) is 0 Å². The van der Waals surface area contributed by atoms with Crippen molar-refractivity contribution < 1.29 is 0 Å². The average molecular weight is 616 g/mol. The van der Waals surface area contributed by atoms with Crippen LogP contribution in [0.1, 0.15) is 32.1 Å². The first-order chi connectivity index (χ1) is 7.50. The molecule has 16 heavy (non-hydrogen) atoms. The van der Waals surface area contributed by atoms with Gasteiger partial charge in [0.2, 0.25) is 0 Å². The number of hydrogen-bond donors (Lipinski definition) is 0. The van der Waals surface area contributed by atoms with E-state index in [0.29, 0.717) is 14.5 Å². The lowest BCUT2D eigenvalue weighted by Crippen LogP contribution is -2.28. The lowest BCUT2D eigenvalue weighted by molar-refractivity contribution is 0.614. The Bertz CT molecular complexity index is 163. The minimum atomic E-state index is 0.290. The van der Waals surface area contributed by atoms with Gasteiger partial charge in [-0.1, -0.05) is 115 Å².